The lowest BCUT2D eigenvalue weighted by Gasteiger charge is -2.21. The van der Waals surface area contributed by atoms with Crippen LogP contribution in [0.25, 0.3) is 6.08 Å². The normalized spacial score (nSPS) is 12.9. The molecule has 1 rings (SSSR count). The molecule has 4 nitrogen and oxygen atoms in total. The van der Waals surface area contributed by atoms with Crippen molar-refractivity contribution in [1.29, 1.82) is 0 Å². The highest BCUT2D eigenvalue weighted by atomic mass is 32.2. The van der Waals surface area contributed by atoms with Gasteiger partial charge in [-0.1, -0.05) is 32.9 Å². The van der Waals surface area contributed by atoms with Crippen LogP contribution >= 0.6 is 0 Å². The van der Waals surface area contributed by atoms with E-state index in [1.807, 2.05) is 26.8 Å². The van der Waals surface area contributed by atoms with Crippen molar-refractivity contribution < 1.29 is 8.42 Å². The van der Waals surface area contributed by atoms with Crippen LogP contribution in [-0.4, -0.2) is 15.1 Å². The van der Waals surface area contributed by atoms with Gasteiger partial charge in [-0.2, -0.15) is 0 Å². The van der Waals surface area contributed by atoms with Gasteiger partial charge in [0.15, 0.2) is 0 Å². The van der Waals surface area contributed by atoms with E-state index in [0.717, 1.165) is 5.56 Å². The van der Waals surface area contributed by atoms with E-state index in [4.69, 9.17) is 5.14 Å². The second kappa shape index (κ2) is 5.27. The number of sulfonamides is 1. The first-order valence-corrected chi connectivity index (χ1v) is 7.46. The predicted octanol–water partition coefficient (Wildman–Crippen LogP) is 3.00. The van der Waals surface area contributed by atoms with E-state index in [2.05, 4.69) is 11.7 Å². The summed E-state index contributed by atoms with van der Waals surface area (Å²) >= 11 is 0. The Morgan fingerprint density at radius 3 is 2.26 bits per heavy atom. The molecule has 19 heavy (non-hydrogen) atoms. The third-order valence-electron chi connectivity index (χ3n) is 2.80. The maximum Gasteiger partial charge on any atom is 0.238 e. The lowest BCUT2D eigenvalue weighted by Crippen LogP contribution is -2.17. The summed E-state index contributed by atoms with van der Waals surface area (Å²) in [6, 6.07) is 3.45. The van der Waals surface area contributed by atoms with E-state index in [1.165, 1.54) is 0 Å². The van der Waals surface area contributed by atoms with Crippen LogP contribution in [0.4, 0.5) is 5.69 Å². The molecule has 0 radical (unpaired) electrons. The van der Waals surface area contributed by atoms with Crippen LogP contribution in [0.1, 0.15) is 38.8 Å². The minimum atomic E-state index is -3.81. The van der Waals surface area contributed by atoms with Crippen LogP contribution < -0.4 is 5.14 Å². The van der Waals surface area contributed by atoms with E-state index in [-0.39, 0.29) is 10.3 Å². The summed E-state index contributed by atoms with van der Waals surface area (Å²) in [5.41, 5.74) is 1.66. The average molecular weight is 280 g/mol. The number of hydrogen-bond acceptors (Lipinski definition) is 3. The third-order valence-corrected chi connectivity index (χ3v) is 3.75. The van der Waals surface area contributed by atoms with Crippen molar-refractivity contribution in [3.05, 3.63) is 29.3 Å². The monoisotopic (exact) mass is 280 g/mol. The molecule has 1 aromatic carbocycles. The Hall–Kier alpha value is -1.46. The van der Waals surface area contributed by atoms with Gasteiger partial charge in [0.25, 0.3) is 0 Å². The molecule has 0 unspecified atom stereocenters. The maximum absolute atomic E-state index is 11.8. The zero-order chi connectivity index (χ0) is 14.8. The van der Waals surface area contributed by atoms with Crippen molar-refractivity contribution in [1.82, 2.24) is 0 Å². The highest BCUT2D eigenvalue weighted by Crippen LogP contribution is 2.34. The van der Waals surface area contributed by atoms with Crippen LogP contribution in [0.2, 0.25) is 0 Å². The predicted molar refractivity (Wildman–Crippen MR) is 80.4 cm³/mol. The third kappa shape index (κ3) is 3.52. The zero-order valence-electron chi connectivity index (χ0n) is 11.8. The molecule has 0 saturated heterocycles. The Labute approximate surface area is 115 Å². The molecule has 0 fully saturated rings. The van der Waals surface area contributed by atoms with Crippen LogP contribution in [0, 0.1) is 0 Å². The van der Waals surface area contributed by atoms with Gasteiger partial charge in [-0.3, -0.25) is 4.99 Å². The number of hydrogen-bond donors (Lipinski definition) is 1. The quantitative estimate of drug-likeness (QED) is 0.864. The summed E-state index contributed by atoms with van der Waals surface area (Å²) in [6.07, 6.45) is 3.42. The highest BCUT2D eigenvalue weighted by molar-refractivity contribution is 7.89. The number of allylic oxidation sites excluding steroid dienone is 1. The lowest BCUT2D eigenvalue weighted by molar-refractivity contribution is 0.584. The van der Waals surface area contributed by atoms with Gasteiger partial charge in [-0.05, 0) is 36.8 Å². The molecule has 0 aliphatic heterocycles. The summed E-state index contributed by atoms with van der Waals surface area (Å²) < 4.78 is 23.5. The van der Waals surface area contributed by atoms with Crippen LogP contribution in [0.15, 0.2) is 28.1 Å². The largest absolute Gasteiger partial charge is 0.264 e. The fraction of sp³-hybridized carbons (Fsp3) is 0.357. The lowest BCUT2D eigenvalue weighted by atomic mass is 9.86. The maximum atomic E-state index is 11.8. The molecule has 0 spiro atoms. The van der Waals surface area contributed by atoms with Gasteiger partial charge in [0.2, 0.25) is 10.0 Å². The molecule has 0 aliphatic rings. The number of benzene rings is 1. The Morgan fingerprint density at radius 2 is 1.89 bits per heavy atom. The van der Waals surface area contributed by atoms with Crippen molar-refractivity contribution in [3.8, 4) is 0 Å². The molecule has 0 atom stereocenters. The minimum Gasteiger partial charge on any atom is -0.264 e. The van der Waals surface area contributed by atoms with E-state index >= 15 is 0 Å². The van der Waals surface area contributed by atoms with Gasteiger partial charge in [-0.25, -0.2) is 13.6 Å². The molecular formula is C14H20N2O2S. The first-order valence-electron chi connectivity index (χ1n) is 5.92. The van der Waals surface area contributed by atoms with E-state index in [0.29, 0.717) is 11.3 Å². The first kappa shape index (κ1) is 15.6. The minimum absolute atomic E-state index is 0.0837. The Kier molecular flexibility index (Phi) is 4.32. The van der Waals surface area contributed by atoms with E-state index < -0.39 is 10.0 Å². The van der Waals surface area contributed by atoms with Crippen molar-refractivity contribution in [2.24, 2.45) is 10.1 Å². The van der Waals surface area contributed by atoms with Crippen LogP contribution in [-0.2, 0) is 15.4 Å². The Bertz CT molecular complexity index is 624. The Balaban J connectivity index is 3.80. The number of aliphatic imine (C=N–C) groups is 1. The molecule has 1 aromatic rings. The van der Waals surface area contributed by atoms with Gasteiger partial charge in [-0.15, -0.1) is 0 Å². The fourth-order valence-electron chi connectivity index (χ4n) is 1.75. The standard InChI is InChI=1S/C14H20N2O2S/c1-6-7-11-12(16-5)8-10(14(2,3)4)9-13(11)19(15,17)18/h6-9H,5H2,1-4H3,(H2,15,17,18)/b7-6-. The number of nitrogens with zero attached hydrogens (tertiary/aromatic N) is 1. The fourth-order valence-corrected chi connectivity index (χ4v) is 2.52. The molecular weight excluding hydrogens is 260 g/mol. The zero-order valence-corrected chi connectivity index (χ0v) is 12.6. The van der Waals surface area contributed by atoms with Crippen molar-refractivity contribution in [2.75, 3.05) is 0 Å². The SMILES string of the molecule is C=Nc1cc(C(C)(C)C)cc(S(N)(=O)=O)c1/C=C\C. The molecule has 104 valence electrons. The van der Waals surface area contributed by atoms with Crippen molar-refractivity contribution in [3.63, 3.8) is 0 Å². The average Bonchev–Trinajstić information content (AvgIpc) is 2.26. The first-order chi connectivity index (χ1) is 8.61. The second-order valence-corrected chi connectivity index (χ2v) is 6.89. The molecule has 0 aliphatic carbocycles. The van der Waals surface area contributed by atoms with E-state index in [1.54, 1.807) is 25.1 Å². The number of rotatable bonds is 3. The summed E-state index contributed by atoms with van der Waals surface area (Å²) in [5, 5.41) is 5.30. The van der Waals surface area contributed by atoms with Crippen molar-refractivity contribution in [2.45, 2.75) is 38.0 Å². The second-order valence-electron chi connectivity index (χ2n) is 5.36. The smallest absolute Gasteiger partial charge is 0.238 e. The summed E-state index contributed by atoms with van der Waals surface area (Å²) in [5.74, 6) is 0. The van der Waals surface area contributed by atoms with Gasteiger partial charge in [0.1, 0.15) is 0 Å². The molecule has 0 saturated carbocycles. The van der Waals surface area contributed by atoms with E-state index in [9.17, 15) is 8.42 Å². The molecule has 2 N–H and O–H groups in total. The molecule has 5 heteroatoms. The van der Waals surface area contributed by atoms with Crippen LogP contribution in [0.5, 0.6) is 0 Å². The van der Waals surface area contributed by atoms with Crippen LogP contribution in [0.3, 0.4) is 0 Å². The summed E-state index contributed by atoms with van der Waals surface area (Å²) in [4.78, 5) is 4.00. The van der Waals surface area contributed by atoms with Crippen molar-refractivity contribution >= 4 is 28.5 Å². The number of primary sulfonamides is 1. The highest BCUT2D eigenvalue weighted by Gasteiger charge is 2.22. The molecule has 0 heterocycles. The Morgan fingerprint density at radius 1 is 1.32 bits per heavy atom. The molecule has 0 aromatic heterocycles. The number of nitrogens with two attached hydrogens (primary N) is 1. The van der Waals surface area contributed by atoms with Gasteiger partial charge in [0, 0.05) is 5.56 Å². The topological polar surface area (TPSA) is 72.5 Å². The van der Waals surface area contributed by atoms with Gasteiger partial charge < -0.3 is 0 Å². The summed E-state index contributed by atoms with van der Waals surface area (Å²) in [7, 11) is -3.81. The van der Waals surface area contributed by atoms with Gasteiger partial charge in [0.05, 0.1) is 10.6 Å². The summed E-state index contributed by atoms with van der Waals surface area (Å²) in [6.45, 7) is 11.3. The molecule has 0 bridgehead atoms. The molecule has 0 amide bonds. The van der Waals surface area contributed by atoms with Gasteiger partial charge >= 0.3 is 0 Å².